The molecule has 30 heavy (non-hydrogen) atoms. The van der Waals surface area contributed by atoms with Crippen molar-refractivity contribution in [2.75, 3.05) is 11.5 Å². The molecule has 6 heteroatoms. The second kappa shape index (κ2) is 7.63. The number of ether oxygens (including phenoxy) is 1. The number of aryl methyl sites for hydroxylation is 1. The Bertz CT molecular complexity index is 1180. The van der Waals surface area contributed by atoms with Gasteiger partial charge in [-0.25, -0.2) is 4.90 Å². The number of carboxylic acid groups (broad SMARTS) is 1. The summed E-state index contributed by atoms with van der Waals surface area (Å²) in [4.78, 5) is 38.9. The smallest absolute Gasteiger partial charge is 0.307 e. The molecule has 3 aromatic rings. The molecule has 1 aliphatic heterocycles. The fraction of sp³-hybridized carbons (Fsp3) is 0.208. The van der Waals surface area contributed by atoms with Crippen LogP contribution in [-0.2, 0) is 17.6 Å². The number of carboxylic acids is 1. The number of hydrogen-bond donors (Lipinski definition) is 1. The Kier molecular flexibility index (Phi) is 4.99. The average Bonchev–Trinajstić information content (AvgIpc) is 2.99. The lowest BCUT2D eigenvalue weighted by Crippen LogP contribution is -2.29. The quantitative estimate of drug-likeness (QED) is 0.623. The van der Waals surface area contributed by atoms with E-state index >= 15 is 0 Å². The van der Waals surface area contributed by atoms with Gasteiger partial charge in [0.25, 0.3) is 11.8 Å². The molecule has 4 rings (SSSR count). The summed E-state index contributed by atoms with van der Waals surface area (Å²) in [5.74, 6) is -1.32. The number of fused-ring (bicyclic) bond motifs is 2. The molecular weight excluding hydrogens is 382 g/mol. The molecule has 3 aromatic carbocycles. The summed E-state index contributed by atoms with van der Waals surface area (Å²) in [5, 5.41) is 10.7. The number of amides is 2. The first-order chi connectivity index (χ1) is 14.5. The van der Waals surface area contributed by atoms with Crippen LogP contribution in [0.1, 0.15) is 45.7 Å². The van der Waals surface area contributed by atoms with Gasteiger partial charge in [-0.05, 0) is 42.0 Å². The molecule has 1 N–H and O–H groups in total. The third-order valence-corrected chi connectivity index (χ3v) is 5.30. The fourth-order valence-corrected chi connectivity index (χ4v) is 4.07. The number of hydrogen-bond acceptors (Lipinski definition) is 4. The molecule has 0 aromatic heterocycles. The first kappa shape index (κ1) is 19.6. The van der Waals surface area contributed by atoms with Gasteiger partial charge in [0.05, 0.1) is 29.8 Å². The van der Waals surface area contributed by atoms with E-state index in [4.69, 9.17) is 9.84 Å². The molecular formula is C24H21NO5. The van der Waals surface area contributed by atoms with Gasteiger partial charge in [0.2, 0.25) is 0 Å². The molecule has 0 spiro atoms. The normalized spacial score (nSPS) is 13.1. The van der Waals surface area contributed by atoms with E-state index in [-0.39, 0.29) is 12.3 Å². The van der Waals surface area contributed by atoms with Crippen molar-refractivity contribution < 1.29 is 24.2 Å². The standard InChI is InChI=1S/C24H21NO5/c1-3-16-17-7-5-6-8-18(17)22(30-4-2)21-20(16)23(28)25(24(21)29)15-11-9-14(10-12-15)13-19(26)27/h5-12H,3-4,13H2,1-2H3,(H,26,27). The monoisotopic (exact) mass is 403 g/mol. The molecule has 0 saturated heterocycles. The maximum absolute atomic E-state index is 13.4. The van der Waals surface area contributed by atoms with Crippen molar-refractivity contribution in [3.63, 3.8) is 0 Å². The summed E-state index contributed by atoms with van der Waals surface area (Å²) in [6.07, 6.45) is 0.474. The minimum absolute atomic E-state index is 0.123. The number of anilines is 1. The van der Waals surface area contributed by atoms with Crippen LogP contribution in [0.2, 0.25) is 0 Å². The topological polar surface area (TPSA) is 83.9 Å². The van der Waals surface area contributed by atoms with Gasteiger partial charge in [-0.1, -0.05) is 43.3 Å². The number of imide groups is 1. The predicted molar refractivity (Wildman–Crippen MR) is 113 cm³/mol. The highest BCUT2D eigenvalue weighted by molar-refractivity contribution is 6.37. The number of carbonyl (C=O) groups is 3. The maximum atomic E-state index is 13.4. The Hall–Kier alpha value is -3.67. The van der Waals surface area contributed by atoms with Gasteiger partial charge in [0, 0.05) is 5.39 Å². The third-order valence-electron chi connectivity index (χ3n) is 5.30. The van der Waals surface area contributed by atoms with Crippen LogP contribution in [0.3, 0.4) is 0 Å². The molecule has 152 valence electrons. The van der Waals surface area contributed by atoms with Crippen molar-refractivity contribution >= 4 is 34.2 Å². The first-order valence-corrected chi connectivity index (χ1v) is 9.87. The predicted octanol–water partition coefficient (Wildman–Crippen LogP) is 4.23. The number of rotatable bonds is 6. The summed E-state index contributed by atoms with van der Waals surface area (Å²) in [7, 11) is 0. The number of benzene rings is 3. The summed E-state index contributed by atoms with van der Waals surface area (Å²) >= 11 is 0. The number of nitrogens with zero attached hydrogens (tertiary/aromatic N) is 1. The zero-order valence-corrected chi connectivity index (χ0v) is 16.8. The van der Waals surface area contributed by atoms with Crippen molar-refractivity contribution in [3.8, 4) is 5.75 Å². The number of carbonyl (C=O) groups excluding carboxylic acids is 2. The molecule has 2 amide bonds. The molecule has 0 unspecified atom stereocenters. The number of aliphatic carboxylic acids is 1. The zero-order chi connectivity index (χ0) is 21.4. The van der Waals surface area contributed by atoms with Crippen LogP contribution in [0.4, 0.5) is 5.69 Å². The summed E-state index contributed by atoms with van der Waals surface area (Å²) < 4.78 is 5.86. The van der Waals surface area contributed by atoms with Crippen LogP contribution in [0.5, 0.6) is 5.75 Å². The van der Waals surface area contributed by atoms with Crippen LogP contribution in [0, 0.1) is 0 Å². The van der Waals surface area contributed by atoms with Gasteiger partial charge in [-0.2, -0.15) is 0 Å². The third kappa shape index (κ3) is 3.01. The van der Waals surface area contributed by atoms with E-state index in [0.29, 0.717) is 41.2 Å². The second-order valence-electron chi connectivity index (χ2n) is 7.07. The zero-order valence-electron chi connectivity index (χ0n) is 16.8. The highest BCUT2D eigenvalue weighted by Crippen LogP contribution is 2.42. The van der Waals surface area contributed by atoms with Gasteiger partial charge in [-0.15, -0.1) is 0 Å². The van der Waals surface area contributed by atoms with Gasteiger partial charge in [-0.3, -0.25) is 14.4 Å². The molecule has 0 aliphatic carbocycles. The Morgan fingerprint density at radius 1 is 0.933 bits per heavy atom. The summed E-state index contributed by atoms with van der Waals surface area (Å²) in [6, 6.07) is 14.1. The lowest BCUT2D eigenvalue weighted by Gasteiger charge is -2.15. The second-order valence-corrected chi connectivity index (χ2v) is 7.07. The molecule has 0 saturated carbocycles. The van der Waals surface area contributed by atoms with Crippen molar-refractivity contribution in [3.05, 3.63) is 70.8 Å². The van der Waals surface area contributed by atoms with E-state index in [1.165, 1.54) is 0 Å². The minimum Gasteiger partial charge on any atom is -0.492 e. The lowest BCUT2D eigenvalue weighted by molar-refractivity contribution is -0.136. The Morgan fingerprint density at radius 2 is 1.57 bits per heavy atom. The Labute approximate surface area is 173 Å². The molecule has 1 heterocycles. The summed E-state index contributed by atoms with van der Waals surface area (Å²) in [5.41, 5.74) is 2.51. The van der Waals surface area contributed by atoms with E-state index in [1.54, 1.807) is 24.3 Å². The minimum atomic E-state index is -0.941. The molecule has 0 fully saturated rings. The molecule has 6 nitrogen and oxygen atoms in total. The molecule has 0 radical (unpaired) electrons. The largest absolute Gasteiger partial charge is 0.492 e. The van der Waals surface area contributed by atoms with Gasteiger partial charge < -0.3 is 9.84 Å². The van der Waals surface area contributed by atoms with E-state index in [1.807, 2.05) is 38.1 Å². The van der Waals surface area contributed by atoms with Crippen LogP contribution in [-0.4, -0.2) is 29.5 Å². The van der Waals surface area contributed by atoms with Crippen molar-refractivity contribution in [2.45, 2.75) is 26.7 Å². The van der Waals surface area contributed by atoms with E-state index < -0.39 is 11.9 Å². The van der Waals surface area contributed by atoms with Crippen LogP contribution in [0.15, 0.2) is 48.5 Å². The molecule has 0 bridgehead atoms. The van der Waals surface area contributed by atoms with E-state index in [0.717, 1.165) is 21.2 Å². The summed E-state index contributed by atoms with van der Waals surface area (Å²) in [6.45, 7) is 4.17. The van der Waals surface area contributed by atoms with Crippen LogP contribution >= 0.6 is 0 Å². The van der Waals surface area contributed by atoms with Gasteiger partial charge in [0.15, 0.2) is 0 Å². The lowest BCUT2D eigenvalue weighted by atomic mass is 9.92. The average molecular weight is 403 g/mol. The van der Waals surface area contributed by atoms with Gasteiger partial charge in [0.1, 0.15) is 5.75 Å². The van der Waals surface area contributed by atoms with Gasteiger partial charge >= 0.3 is 5.97 Å². The fourth-order valence-electron chi connectivity index (χ4n) is 4.07. The highest BCUT2D eigenvalue weighted by Gasteiger charge is 2.42. The van der Waals surface area contributed by atoms with Crippen LogP contribution < -0.4 is 9.64 Å². The van der Waals surface area contributed by atoms with Crippen molar-refractivity contribution in [1.29, 1.82) is 0 Å². The van der Waals surface area contributed by atoms with E-state index in [9.17, 15) is 14.4 Å². The van der Waals surface area contributed by atoms with Crippen molar-refractivity contribution in [1.82, 2.24) is 0 Å². The van der Waals surface area contributed by atoms with Crippen LogP contribution in [0.25, 0.3) is 10.8 Å². The SMILES string of the molecule is CCOc1c2c(c(CC)c3ccccc13)C(=O)N(c1ccc(CC(=O)O)cc1)C2=O. The first-order valence-electron chi connectivity index (χ1n) is 9.87. The molecule has 0 atom stereocenters. The van der Waals surface area contributed by atoms with Crippen molar-refractivity contribution in [2.24, 2.45) is 0 Å². The Balaban J connectivity index is 1.89. The highest BCUT2D eigenvalue weighted by atomic mass is 16.5. The maximum Gasteiger partial charge on any atom is 0.307 e. The molecule has 1 aliphatic rings. The van der Waals surface area contributed by atoms with E-state index in [2.05, 4.69) is 0 Å². The Morgan fingerprint density at radius 3 is 2.17 bits per heavy atom.